The van der Waals surface area contributed by atoms with Crippen LogP contribution in [0.2, 0.25) is 0 Å². The molecule has 1 aliphatic carbocycles. The number of nitrogens with zero attached hydrogens (tertiary/aromatic N) is 2. The molecule has 2 atom stereocenters. The second-order valence-corrected chi connectivity index (χ2v) is 5.25. The monoisotopic (exact) mass is 257 g/mol. The van der Waals surface area contributed by atoms with Crippen molar-refractivity contribution in [1.29, 1.82) is 0 Å². The number of phenolic OH excluding ortho intramolecular Hbond substituents is 1. The Labute approximate surface area is 113 Å². The zero-order valence-electron chi connectivity index (χ0n) is 11.5. The largest absolute Gasteiger partial charge is 0.505 e. The van der Waals surface area contributed by atoms with Gasteiger partial charge in [0, 0.05) is 7.05 Å². The smallest absolute Gasteiger partial charge is 0.144 e. The SMILES string of the molecule is Cc1cc(C)c(O)c(N2NC3C=CC=CC3N2C)c1. The number of fused-ring (bicyclic) bond motifs is 1. The van der Waals surface area contributed by atoms with Crippen molar-refractivity contribution in [3.05, 3.63) is 47.6 Å². The van der Waals surface area contributed by atoms with Crippen molar-refractivity contribution < 1.29 is 5.11 Å². The first-order valence-electron chi connectivity index (χ1n) is 6.52. The van der Waals surface area contributed by atoms with Gasteiger partial charge in [-0.1, -0.05) is 30.4 Å². The first-order chi connectivity index (χ1) is 9.08. The lowest BCUT2D eigenvalue weighted by Gasteiger charge is -2.28. The van der Waals surface area contributed by atoms with Crippen molar-refractivity contribution in [3.63, 3.8) is 0 Å². The van der Waals surface area contributed by atoms with Crippen LogP contribution >= 0.6 is 0 Å². The molecule has 1 saturated heterocycles. The number of nitrogens with one attached hydrogen (secondary N) is 1. The Hall–Kier alpha value is -1.78. The zero-order valence-corrected chi connectivity index (χ0v) is 11.5. The van der Waals surface area contributed by atoms with Crippen LogP contribution in [0.25, 0.3) is 0 Å². The Morgan fingerprint density at radius 2 is 1.89 bits per heavy atom. The fourth-order valence-corrected chi connectivity index (χ4v) is 2.78. The van der Waals surface area contributed by atoms with E-state index >= 15 is 0 Å². The quantitative estimate of drug-likeness (QED) is 0.807. The van der Waals surface area contributed by atoms with Gasteiger partial charge in [-0.25, -0.2) is 15.6 Å². The van der Waals surface area contributed by atoms with E-state index in [1.165, 1.54) is 0 Å². The third-order valence-electron chi connectivity index (χ3n) is 3.78. The summed E-state index contributed by atoms with van der Waals surface area (Å²) in [5, 5.41) is 14.3. The second kappa shape index (κ2) is 4.40. The average molecular weight is 257 g/mol. The molecule has 0 saturated carbocycles. The molecule has 0 bridgehead atoms. The Morgan fingerprint density at radius 3 is 2.63 bits per heavy atom. The van der Waals surface area contributed by atoms with E-state index in [0.717, 1.165) is 16.8 Å². The van der Waals surface area contributed by atoms with E-state index in [0.29, 0.717) is 5.75 Å². The number of hydrogen-bond acceptors (Lipinski definition) is 4. The van der Waals surface area contributed by atoms with Crippen molar-refractivity contribution in [2.24, 2.45) is 0 Å². The summed E-state index contributed by atoms with van der Waals surface area (Å²) in [5.74, 6) is 0.330. The number of hydrogen-bond donors (Lipinski definition) is 2. The summed E-state index contributed by atoms with van der Waals surface area (Å²) in [5.41, 5.74) is 6.25. The summed E-state index contributed by atoms with van der Waals surface area (Å²) in [6.45, 7) is 3.97. The molecule has 0 aromatic heterocycles. The molecule has 19 heavy (non-hydrogen) atoms. The molecule has 2 N–H and O–H groups in total. The number of benzene rings is 1. The minimum atomic E-state index is 0.246. The molecule has 4 nitrogen and oxygen atoms in total. The van der Waals surface area contributed by atoms with Gasteiger partial charge in [0.15, 0.2) is 0 Å². The van der Waals surface area contributed by atoms with E-state index in [1.54, 1.807) is 0 Å². The molecule has 1 heterocycles. The fraction of sp³-hybridized carbons (Fsp3) is 0.333. The molecule has 0 amide bonds. The molecule has 2 aliphatic rings. The van der Waals surface area contributed by atoms with E-state index in [2.05, 4.69) is 28.7 Å². The number of allylic oxidation sites excluding steroid dienone is 2. The maximum Gasteiger partial charge on any atom is 0.144 e. The summed E-state index contributed by atoms with van der Waals surface area (Å²) in [6.07, 6.45) is 8.41. The summed E-state index contributed by atoms with van der Waals surface area (Å²) >= 11 is 0. The number of hydrazine groups is 2. The number of rotatable bonds is 1. The van der Waals surface area contributed by atoms with Crippen molar-refractivity contribution >= 4 is 5.69 Å². The summed E-state index contributed by atoms with van der Waals surface area (Å²) in [4.78, 5) is 0. The Balaban J connectivity index is 2.00. The highest BCUT2D eigenvalue weighted by Crippen LogP contribution is 2.35. The third-order valence-corrected chi connectivity index (χ3v) is 3.78. The minimum absolute atomic E-state index is 0.246. The average Bonchev–Trinajstić information content (AvgIpc) is 2.72. The Bertz CT molecular complexity index is 565. The predicted octanol–water partition coefficient (Wildman–Crippen LogP) is 2.04. The van der Waals surface area contributed by atoms with Gasteiger partial charge < -0.3 is 5.11 Å². The molecule has 1 aromatic carbocycles. The van der Waals surface area contributed by atoms with E-state index in [1.807, 2.05) is 44.2 Å². The van der Waals surface area contributed by atoms with Crippen molar-refractivity contribution in [1.82, 2.24) is 10.4 Å². The third kappa shape index (κ3) is 1.93. The molecule has 0 radical (unpaired) electrons. The first-order valence-corrected chi connectivity index (χ1v) is 6.52. The summed E-state index contributed by atoms with van der Waals surface area (Å²) in [7, 11) is 2.03. The second-order valence-electron chi connectivity index (χ2n) is 5.25. The molecule has 1 aliphatic heterocycles. The van der Waals surface area contributed by atoms with E-state index < -0.39 is 0 Å². The lowest BCUT2D eigenvalue weighted by molar-refractivity contribution is 0.314. The van der Waals surface area contributed by atoms with Gasteiger partial charge in [-0.15, -0.1) is 0 Å². The Morgan fingerprint density at radius 1 is 1.16 bits per heavy atom. The standard InChI is InChI=1S/C15H19N3O/c1-10-8-11(2)15(19)14(9-10)18-16-12-6-4-5-7-13(12)17(18)3/h4-9,12-13,16,19H,1-3H3. The fourth-order valence-electron chi connectivity index (χ4n) is 2.78. The van der Waals surface area contributed by atoms with Gasteiger partial charge in [-0.3, -0.25) is 0 Å². The van der Waals surface area contributed by atoms with Crippen molar-refractivity contribution in [2.75, 3.05) is 12.2 Å². The molecule has 1 aromatic rings. The van der Waals surface area contributed by atoms with Gasteiger partial charge in [0.25, 0.3) is 0 Å². The molecule has 2 unspecified atom stereocenters. The number of likely N-dealkylation sites (N-methyl/N-ethyl adjacent to an activating group) is 1. The number of aromatic hydroxyl groups is 1. The molecular formula is C15H19N3O. The summed E-state index contributed by atoms with van der Waals surface area (Å²) in [6, 6.07) is 4.51. The highest BCUT2D eigenvalue weighted by atomic mass is 16.3. The molecule has 0 spiro atoms. The maximum atomic E-state index is 10.3. The molecule has 100 valence electrons. The lowest BCUT2D eigenvalue weighted by Crippen LogP contribution is -2.41. The van der Waals surface area contributed by atoms with Crippen LogP contribution in [0.4, 0.5) is 5.69 Å². The van der Waals surface area contributed by atoms with Crippen LogP contribution in [-0.2, 0) is 0 Å². The van der Waals surface area contributed by atoms with Gasteiger partial charge in [-0.05, 0) is 31.0 Å². The topological polar surface area (TPSA) is 38.7 Å². The van der Waals surface area contributed by atoms with Crippen molar-refractivity contribution in [2.45, 2.75) is 25.9 Å². The molecule has 1 fully saturated rings. The van der Waals surface area contributed by atoms with Crippen LogP contribution in [0.1, 0.15) is 11.1 Å². The molecular weight excluding hydrogens is 238 g/mol. The normalized spacial score (nSPS) is 25.9. The van der Waals surface area contributed by atoms with E-state index in [-0.39, 0.29) is 12.1 Å². The maximum absolute atomic E-state index is 10.3. The van der Waals surface area contributed by atoms with E-state index in [4.69, 9.17) is 0 Å². The van der Waals surface area contributed by atoms with Gasteiger partial charge in [-0.2, -0.15) is 0 Å². The number of phenols is 1. The van der Waals surface area contributed by atoms with Crippen LogP contribution in [0.5, 0.6) is 5.75 Å². The zero-order chi connectivity index (χ0) is 13.6. The van der Waals surface area contributed by atoms with Gasteiger partial charge in [0.2, 0.25) is 0 Å². The van der Waals surface area contributed by atoms with Crippen LogP contribution in [0.3, 0.4) is 0 Å². The predicted molar refractivity (Wildman–Crippen MR) is 76.8 cm³/mol. The van der Waals surface area contributed by atoms with Crippen LogP contribution in [0.15, 0.2) is 36.4 Å². The minimum Gasteiger partial charge on any atom is -0.505 e. The van der Waals surface area contributed by atoms with Crippen molar-refractivity contribution in [3.8, 4) is 5.75 Å². The van der Waals surface area contributed by atoms with Gasteiger partial charge >= 0.3 is 0 Å². The number of anilines is 1. The van der Waals surface area contributed by atoms with Gasteiger partial charge in [0.1, 0.15) is 11.4 Å². The van der Waals surface area contributed by atoms with Crippen LogP contribution < -0.4 is 10.5 Å². The van der Waals surface area contributed by atoms with Crippen LogP contribution in [-0.4, -0.2) is 29.2 Å². The lowest BCUT2D eigenvalue weighted by atomic mass is 10.0. The summed E-state index contributed by atoms with van der Waals surface area (Å²) < 4.78 is 0. The number of aryl methyl sites for hydroxylation is 2. The Kier molecular flexibility index (Phi) is 2.84. The first kappa shape index (κ1) is 12.3. The highest BCUT2D eigenvalue weighted by Gasteiger charge is 2.36. The van der Waals surface area contributed by atoms with E-state index in [9.17, 15) is 5.11 Å². The molecule has 3 rings (SSSR count). The highest BCUT2D eigenvalue weighted by molar-refractivity contribution is 5.62. The molecule has 4 heteroatoms. The van der Waals surface area contributed by atoms with Crippen LogP contribution in [0, 0.1) is 13.8 Å². The van der Waals surface area contributed by atoms with Gasteiger partial charge in [0.05, 0.1) is 12.1 Å².